The molecule has 5 fully saturated rings. The first-order valence-electron chi connectivity index (χ1n) is 11.6. The third kappa shape index (κ3) is 4.53. The molecular weight excluding hydrogens is 459 g/mol. The third-order valence-electron chi connectivity index (χ3n) is 7.92. The minimum Gasteiger partial charge on any atom is -0.455 e. The molecule has 6 nitrogen and oxygen atoms in total. The first-order valence-corrected chi connectivity index (χ1v) is 12.0. The fourth-order valence-corrected chi connectivity index (χ4v) is 6.90. The third-order valence-corrected chi connectivity index (χ3v) is 8.20. The summed E-state index contributed by atoms with van der Waals surface area (Å²) < 4.78 is 43.9. The summed E-state index contributed by atoms with van der Waals surface area (Å²) in [7, 11) is 0. The second kappa shape index (κ2) is 8.64. The van der Waals surface area contributed by atoms with Gasteiger partial charge in [-0.2, -0.15) is 13.2 Å². The van der Waals surface area contributed by atoms with Crippen LogP contribution in [0.25, 0.3) is 0 Å². The van der Waals surface area contributed by atoms with Crippen LogP contribution in [-0.2, 0) is 20.5 Å². The van der Waals surface area contributed by atoms with Crippen LogP contribution in [0, 0.1) is 29.6 Å². The maximum atomic E-state index is 12.8. The number of ether oxygens (including phenoxy) is 1. The molecule has 1 amide bonds. The van der Waals surface area contributed by atoms with Crippen molar-refractivity contribution in [3.05, 3.63) is 22.8 Å². The van der Waals surface area contributed by atoms with Crippen LogP contribution >= 0.6 is 11.6 Å². The number of aromatic nitrogens is 1. The van der Waals surface area contributed by atoms with Gasteiger partial charge in [-0.15, -0.1) is 0 Å². The van der Waals surface area contributed by atoms with E-state index in [0.717, 1.165) is 49.8 Å². The molecule has 0 atom stereocenters. The van der Waals surface area contributed by atoms with E-state index in [1.54, 1.807) is 9.80 Å². The lowest BCUT2D eigenvalue weighted by Crippen LogP contribution is -2.51. The Bertz CT molecular complexity index is 905. The maximum Gasteiger partial charge on any atom is 0.417 e. The van der Waals surface area contributed by atoms with Gasteiger partial charge in [-0.25, -0.2) is 4.98 Å². The van der Waals surface area contributed by atoms with E-state index in [-0.39, 0.29) is 35.2 Å². The molecule has 4 saturated carbocycles. The number of halogens is 4. The smallest absolute Gasteiger partial charge is 0.417 e. The molecule has 1 aliphatic heterocycles. The van der Waals surface area contributed by atoms with Gasteiger partial charge in [0.25, 0.3) is 5.91 Å². The summed E-state index contributed by atoms with van der Waals surface area (Å²) in [5, 5.41) is -0.0748. The number of nitrogens with zero attached hydrogens (tertiary/aromatic N) is 3. The molecule has 33 heavy (non-hydrogen) atoms. The molecule has 4 aliphatic carbocycles. The predicted molar refractivity (Wildman–Crippen MR) is 115 cm³/mol. The van der Waals surface area contributed by atoms with Crippen molar-refractivity contribution in [3.63, 3.8) is 0 Å². The van der Waals surface area contributed by atoms with Gasteiger partial charge >= 0.3 is 12.1 Å². The highest BCUT2D eigenvalue weighted by Gasteiger charge is 2.51. The van der Waals surface area contributed by atoms with Gasteiger partial charge in [0.2, 0.25) is 0 Å². The molecule has 1 aromatic rings. The van der Waals surface area contributed by atoms with Crippen LogP contribution in [0.5, 0.6) is 0 Å². The molecule has 0 N–H and O–H groups in total. The highest BCUT2D eigenvalue weighted by molar-refractivity contribution is 6.33. The summed E-state index contributed by atoms with van der Waals surface area (Å²) >= 11 is 6.04. The Kier molecular flexibility index (Phi) is 5.95. The molecule has 1 aromatic heterocycles. The standard InChI is InChI=1S/C23H27ClF3N3O3/c24-18-10-17(23(25,26)27)11-28-21(18)30-3-1-29(2-4-30)19(31)12-33-22(32)20-15-6-13-5-14(8-15)9-16(20)7-13/h10-11,13-16,20H,1-9,12H2. The van der Waals surface area contributed by atoms with E-state index < -0.39 is 11.7 Å². The van der Waals surface area contributed by atoms with Crippen LogP contribution in [0.4, 0.5) is 19.0 Å². The number of carbonyl (C=O) groups is 2. The lowest BCUT2D eigenvalue weighted by molar-refractivity contribution is -0.166. The van der Waals surface area contributed by atoms with E-state index in [9.17, 15) is 22.8 Å². The van der Waals surface area contributed by atoms with Crippen molar-refractivity contribution in [2.24, 2.45) is 29.6 Å². The monoisotopic (exact) mass is 485 g/mol. The second-order valence-electron chi connectivity index (χ2n) is 9.96. The number of rotatable bonds is 4. The Balaban J connectivity index is 1.11. The molecule has 4 bridgehead atoms. The van der Waals surface area contributed by atoms with Crippen LogP contribution in [-0.4, -0.2) is 54.5 Å². The SMILES string of the molecule is O=C(OCC(=O)N1CCN(c2ncc(C(F)(F)F)cc2Cl)CC1)C1C2CC3CC(C2)CC1C3. The van der Waals surface area contributed by atoms with Crippen molar-refractivity contribution in [1.29, 1.82) is 0 Å². The molecule has 1 saturated heterocycles. The van der Waals surface area contributed by atoms with Gasteiger partial charge in [0, 0.05) is 32.4 Å². The number of hydrogen-bond donors (Lipinski definition) is 0. The number of alkyl halides is 3. The van der Waals surface area contributed by atoms with E-state index >= 15 is 0 Å². The summed E-state index contributed by atoms with van der Waals surface area (Å²) in [6, 6.07) is 0.866. The molecule has 2 heterocycles. The fraction of sp³-hybridized carbons (Fsp3) is 0.696. The van der Waals surface area contributed by atoms with Gasteiger partial charge in [-0.1, -0.05) is 11.6 Å². The minimum atomic E-state index is -4.51. The Morgan fingerprint density at radius 2 is 1.64 bits per heavy atom. The summed E-state index contributed by atoms with van der Waals surface area (Å²) in [6.45, 7) is 1.21. The number of anilines is 1. The molecule has 0 radical (unpaired) electrons. The number of amides is 1. The van der Waals surface area contributed by atoms with Crippen LogP contribution < -0.4 is 4.90 Å². The first-order chi connectivity index (χ1) is 15.7. The average molecular weight is 486 g/mol. The van der Waals surface area contributed by atoms with E-state index in [1.807, 2.05) is 0 Å². The number of pyridine rings is 1. The Hall–Kier alpha value is -2.03. The van der Waals surface area contributed by atoms with E-state index in [0.29, 0.717) is 38.0 Å². The van der Waals surface area contributed by atoms with Gasteiger partial charge in [-0.05, 0) is 61.8 Å². The molecule has 10 heteroatoms. The zero-order valence-corrected chi connectivity index (χ0v) is 18.9. The van der Waals surface area contributed by atoms with Crippen molar-refractivity contribution in [2.45, 2.75) is 38.3 Å². The zero-order chi connectivity index (χ0) is 23.3. The fourth-order valence-electron chi connectivity index (χ4n) is 6.62. The molecular formula is C23H27ClF3N3O3. The van der Waals surface area contributed by atoms with Gasteiger partial charge in [-0.3, -0.25) is 9.59 Å². The highest BCUT2D eigenvalue weighted by Crippen LogP contribution is 2.56. The Morgan fingerprint density at radius 1 is 1.03 bits per heavy atom. The summed E-state index contributed by atoms with van der Waals surface area (Å²) in [4.78, 5) is 32.7. The lowest BCUT2D eigenvalue weighted by atomic mass is 9.52. The number of piperazine rings is 1. The number of hydrogen-bond acceptors (Lipinski definition) is 5. The van der Waals surface area contributed by atoms with Crippen LogP contribution in [0.1, 0.15) is 37.7 Å². The van der Waals surface area contributed by atoms with E-state index in [4.69, 9.17) is 16.3 Å². The van der Waals surface area contributed by atoms with Gasteiger partial charge in [0.05, 0.1) is 16.5 Å². The Morgan fingerprint density at radius 3 is 2.18 bits per heavy atom. The lowest BCUT2D eigenvalue weighted by Gasteiger charge is -2.53. The van der Waals surface area contributed by atoms with Crippen molar-refractivity contribution in [1.82, 2.24) is 9.88 Å². The molecule has 0 aromatic carbocycles. The zero-order valence-electron chi connectivity index (χ0n) is 18.2. The summed E-state index contributed by atoms with van der Waals surface area (Å²) in [6.07, 6.45) is 2.03. The summed E-state index contributed by atoms with van der Waals surface area (Å²) in [5.74, 6) is 2.08. The first kappa shape index (κ1) is 22.7. The normalized spacial score (nSPS) is 31.1. The summed E-state index contributed by atoms with van der Waals surface area (Å²) in [5.41, 5.74) is -0.897. The van der Waals surface area contributed by atoms with E-state index in [1.165, 1.54) is 6.42 Å². The topological polar surface area (TPSA) is 62.7 Å². The van der Waals surface area contributed by atoms with Crippen molar-refractivity contribution in [3.8, 4) is 0 Å². The molecule has 0 unspecified atom stereocenters. The maximum absolute atomic E-state index is 12.8. The number of esters is 1. The minimum absolute atomic E-state index is 0.0599. The van der Waals surface area contributed by atoms with Gasteiger partial charge < -0.3 is 14.5 Å². The predicted octanol–water partition coefficient (Wildman–Crippen LogP) is 4.02. The second-order valence-corrected chi connectivity index (χ2v) is 10.4. The highest BCUT2D eigenvalue weighted by atomic mass is 35.5. The van der Waals surface area contributed by atoms with Crippen molar-refractivity contribution < 1.29 is 27.5 Å². The van der Waals surface area contributed by atoms with E-state index in [2.05, 4.69) is 4.98 Å². The quantitative estimate of drug-likeness (QED) is 0.603. The van der Waals surface area contributed by atoms with Crippen molar-refractivity contribution in [2.75, 3.05) is 37.7 Å². The van der Waals surface area contributed by atoms with Crippen LogP contribution in [0.3, 0.4) is 0 Å². The molecule has 0 spiro atoms. The Labute approximate surface area is 195 Å². The molecule has 6 rings (SSSR count). The molecule has 5 aliphatic rings. The largest absolute Gasteiger partial charge is 0.455 e. The van der Waals surface area contributed by atoms with Gasteiger partial charge in [0.15, 0.2) is 6.61 Å². The van der Waals surface area contributed by atoms with Crippen molar-refractivity contribution >= 4 is 29.3 Å². The number of carbonyl (C=O) groups excluding carboxylic acids is 2. The van der Waals surface area contributed by atoms with Crippen LogP contribution in [0.15, 0.2) is 12.3 Å². The molecule has 180 valence electrons. The van der Waals surface area contributed by atoms with Crippen LogP contribution in [0.2, 0.25) is 5.02 Å². The average Bonchev–Trinajstić information content (AvgIpc) is 2.76. The van der Waals surface area contributed by atoms with Gasteiger partial charge in [0.1, 0.15) is 5.82 Å².